The molecule has 24 heavy (non-hydrogen) atoms. The van der Waals surface area contributed by atoms with Crippen molar-refractivity contribution in [2.75, 3.05) is 0 Å². The van der Waals surface area contributed by atoms with Crippen LogP contribution in [0.25, 0.3) is 0 Å². The van der Waals surface area contributed by atoms with Crippen molar-refractivity contribution in [3.05, 3.63) is 34.9 Å². The van der Waals surface area contributed by atoms with Gasteiger partial charge < -0.3 is 10.4 Å². The number of carboxylic acid groups (broad SMARTS) is 1. The maximum absolute atomic E-state index is 12.6. The lowest BCUT2D eigenvalue weighted by atomic mass is 9.72. The number of benzene rings is 1. The first-order valence-corrected chi connectivity index (χ1v) is 8.94. The summed E-state index contributed by atoms with van der Waals surface area (Å²) in [5, 5.41) is 13.2. The van der Waals surface area contributed by atoms with Gasteiger partial charge in [-0.1, -0.05) is 37.6 Å². The molecule has 1 aromatic rings. The third-order valence-corrected chi connectivity index (χ3v) is 5.61. The topological polar surface area (TPSA) is 66.4 Å². The highest BCUT2D eigenvalue weighted by molar-refractivity contribution is 6.30. The molecule has 0 heterocycles. The number of amides is 1. The minimum Gasteiger partial charge on any atom is -0.480 e. The lowest BCUT2D eigenvalue weighted by Gasteiger charge is -2.39. The summed E-state index contributed by atoms with van der Waals surface area (Å²) in [5.41, 5.74) is -0.309. The van der Waals surface area contributed by atoms with Gasteiger partial charge in [-0.05, 0) is 62.1 Å². The Hall–Kier alpha value is -1.55. The van der Waals surface area contributed by atoms with E-state index in [0.29, 0.717) is 29.7 Å². The largest absolute Gasteiger partial charge is 0.480 e. The van der Waals surface area contributed by atoms with Crippen LogP contribution in [0.5, 0.6) is 0 Å². The number of hydrogen-bond acceptors (Lipinski definition) is 2. The lowest BCUT2D eigenvalue weighted by Crippen LogP contribution is -2.57. The van der Waals surface area contributed by atoms with Gasteiger partial charge in [0.25, 0.3) is 0 Å². The summed E-state index contributed by atoms with van der Waals surface area (Å²) in [6, 6.07) is 7.08. The maximum atomic E-state index is 12.6. The summed E-state index contributed by atoms with van der Waals surface area (Å²) in [5.74, 6) is -0.519. The van der Waals surface area contributed by atoms with Crippen molar-refractivity contribution in [1.82, 2.24) is 5.32 Å². The van der Waals surface area contributed by atoms with Gasteiger partial charge in [-0.2, -0.15) is 0 Å². The van der Waals surface area contributed by atoms with Crippen molar-refractivity contribution in [3.63, 3.8) is 0 Å². The maximum Gasteiger partial charge on any atom is 0.329 e. The molecule has 2 rings (SSSR count). The van der Waals surface area contributed by atoms with Gasteiger partial charge in [0.1, 0.15) is 5.54 Å². The molecule has 0 bridgehead atoms. The van der Waals surface area contributed by atoms with E-state index in [1.165, 1.54) is 0 Å². The van der Waals surface area contributed by atoms with Crippen molar-refractivity contribution in [1.29, 1.82) is 0 Å². The molecule has 0 saturated heterocycles. The quantitative estimate of drug-likeness (QED) is 0.834. The van der Waals surface area contributed by atoms with Crippen LogP contribution in [0.2, 0.25) is 5.02 Å². The summed E-state index contributed by atoms with van der Waals surface area (Å²) in [6.45, 7) is 6.12. The molecule has 2 N–H and O–H groups in total. The van der Waals surface area contributed by atoms with Crippen molar-refractivity contribution in [3.8, 4) is 0 Å². The first kappa shape index (κ1) is 18.8. The van der Waals surface area contributed by atoms with Crippen LogP contribution < -0.4 is 5.32 Å². The van der Waals surface area contributed by atoms with Gasteiger partial charge in [0, 0.05) is 5.02 Å². The van der Waals surface area contributed by atoms with E-state index in [9.17, 15) is 14.7 Å². The molecule has 0 aromatic heterocycles. The molecule has 1 aromatic carbocycles. The Morgan fingerprint density at radius 2 is 1.71 bits per heavy atom. The lowest BCUT2D eigenvalue weighted by molar-refractivity contribution is -0.150. The van der Waals surface area contributed by atoms with Gasteiger partial charge in [-0.15, -0.1) is 0 Å². The minimum absolute atomic E-state index is 0.247. The average Bonchev–Trinajstić information content (AvgIpc) is 2.55. The SMILES string of the molecule is CC(C(=O)NC1(C(=O)O)CCC(C(C)C)CC1)c1ccc(Cl)cc1. The molecule has 0 spiro atoms. The molecule has 1 atom stereocenters. The Morgan fingerprint density at radius 1 is 1.17 bits per heavy atom. The van der Waals surface area contributed by atoms with Crippen LogP contribution in [0.15, 0.2) is 24.3 Å². The highest BCUT2D eigenvalue weighted by Gasteiger charge is 2.44. The number of rotatable bonds is 5. The van der Waals surface area contributed by atoms with Crippen LogP contribution >= 0.6 is 11.6 Å². The number of carboxylic acids is 1. The molecule has 1 aliphatic rings. The summed E-state index contributed by atoms with van der Waals surface area (Å²) >= 11 is 5.88. The number of aliphatic carboxylic acids is 1. The summed E-state index contributed by atoms with van der Waals surface area (Å²) in [6.07, 6.45) is 2.65. The van der Waals surface area contributed by atoms with Crippen LogP contribution in [0.4, 0.5) is 0 Å². The van der Waals surface area contributed by atoms with E-state index in [1.807, 2.05) is 0 Å². The molecular weight excluding hydrogens is 326 g/mol. The standard InChI is InChI=1S/C19H26ClNO3/c1-12(2)14-8-10-19(11-9-14,18(23)24)21-17(22)13(3)15-4-6-16(20)7-5-15/h4-7,12-14H,8-11H2,1-3H3,(H,21,22)(H,23,24). The van der Waals surface area contributed by atoms with E-state index in [1.54, 1.807) is 31.2 Å². The number of carbonyl (C=O) groups is 2. The highest BCUT2D eigenvalue weighted by atomic mass is 35.5. The smallest absolute Gasteiger partial charge is 0.329 e. The van der Waals surface area contributed by atoms with Crippen molar-refractivity contribution >= 4 is 23.5 Å². The van der Waals surface area contributed by atoms with Crippen LogP contribution in [0.3, 0.4) is 0 Å². The molecule has 1 unspecified atom stereocenters. The second-order valence-corrected chi connectivity index (χ2v) is 7.67. The zero-order valence-corrected chi connectivity index (χ0v) is 15.3. The monoisotopic (exact) mass is 351 g/mol. The Kier molecular flexibility index (Phi) is 5.92. The summed E-state index contributed by atoms with van der Waals surface area (Å²) in [7, 11) is 0. The zero-order valence-electron chi connectivity index (χ0n) is 14.5. The Bertz CT molecular complexity index is 589. The fourth-order valence-electron chi connectivity index (χ4n) is 3.44. The molecule has 1 aliphatic carbocycles. The van der Waals surface area contributed by atoms with Gasteiger partial charge in [0.05, 0.1) is 5.92 Å². The second kappa shape index (κ2) is 7.56. The normalized spacial score (nSPS) is 25.3. The molecule has 4 nitrogen and oxygen atoms in total. The van der Waals surface area contributed by atoms with E-state index in [-0.39, 0.29) is 5.91 Å². The van der Waals surface area contributed by atoms with Gasteiger partial charge in [-0.3, -0.25) is 4.79 Å². The zero-order chi connectivity index (χ0) is 17.9. The summed E-state index contributed by atoms with van der Waals surface area (Å²) < 4.78 is 0. The molecular formula is C19H26ClNO3. The Morgan fingerprint density at radius 3 is 2.17 bits per heavy atom. The Balaban J connectivity index is 2.09. The third-order valence-electron chi connectivity index (χ3n) is 5.36. The first-order valence-electron chi connectivity index (χ1n) is 8.56. The van der Waals surface area contributed by atoms with Gasteiger partial charge >= 0.3 is 5.97 Å². The van der Waals surface area contributed by atoms with E-state index in [2.05, 4.69) is 19.2 Å². The van der Waals surface area contributed by atoms with E-state index in [4.69, 9.17) is 11.6 Å². The number of halogens is 1. The van der Waals surface area contributed by atoms with E-state index in [0.717, 1.165) is 18.4 Å². The summed E-state index contributed by atoms with van der Waals surface area (Å²) in [4.78, 5) is 24.5. The molecule has 1 amide bonds. The molecule has 0 aliphatic heterocycles. The minimum atomic E-state index is -1.14. The first-order chi connectivity index (χ1) is 11.2. The molecule has 1 saturated carbocycles. The van der Waals surface area contributed by atoms with E-state index >= 15 is 0 Å². The third kappa shape index (κ3) is 4.10. The molecule has 132 valence electrons. The van der Waals surface area contributed by atoms with Gasteiger partial charge in [-0.25, -0.2) is 4.79 Å². The van der Waals surface area contributed by atoms with Crippen molar-refractivity contribution in [2.24, 2.45) is 11.8 Å². The van der Waals surface area contributed by atoms with Crippen LogP contribution in [0.1, 0.15) is 57.9 Å². The van der Waals surface area contributed by atoms with E-state index < -0.39 is 17.4 Å². The van der Waals surface area contributed by atoms with Gasteiger partial charge in [0.2, 0.25) is 5.91 Å². The van der Waals surface area contributed by atoms with Crippen molar-refractivity contribution in [2.45, 2.75) is 57.9 Å². The number of hydrogen-bond donors (Lipinski definition) is 2. The molecule has 5 heteroatoms. The highest BCUT2D eigenvalue weighted by Crippen LogP contribution is 2.36. The molecule has 1 fully saturated rings. The molecule has 0 radical (unpaired) electrons. The predicted molar refractivity (Wildman–Crippen MR) is 95.2 cm³/mol. The average molecular weight is 352 g/mol. The van der Waals surface area contributed by atoms with Gasteiger partial charge in [0.15, 0.2) is 0 Å². The van der Waals surface area contributed by atoms with Crippen LogP contribution in [-0.2, 0) is 9.59 Å². The Labute approximate surface area is 148 Å². The second-order valence-electron chi connectivity index (χ2n) is 7.23. The van der Waals surface area contributed by atoms with Crippen LogP contribution in [0, 0.1) is 11.8 Å². The van der Waals surface area contributed by atoms with Crippen molar-refractivity contribution < 1.29 is 14.7 Å². The van der Waals surface area contributed by atoms with Crippen LogP contribution in [-0.4, -0.2) is 22.5 Å². The fraction of sp³-hybridized carbons (Fsp3) is 0.579. The number of carbonyl (C=O) groups excluding carboxylic acids is 1. The number of nitrogens with one attached hydrogen (secondary N) is 1. The predicted octanol–water partition coefficient (Wildman–Crippen LogP) is 4.23. The fourth-order valence-corrected chi connectivity index (χ4v) is 3.56.